The maximum Gasteiger partial charge on any atom is 0.106 e. The molecule has 42 heavy (non-hydrogen) atoms. The highest BCUT2D eigenvalue weighted by Crippen LogP contribution is 2.26. The number of nitrogens with zero attached hydrogens (tertiary/aromatic N) is 3. The van der Waals surface area contributed by atoms with E-state index >= 15 is 0 Å². The number of aromatic nitrogens is 3. The fourth-order valence-corrected chi connectivity index (χ4v) is 5.93. The van der Waals surface area contributed by atoms with E-state index in [2.05, 4.69) is 182 Å². The number of rotatable bonds is 3. The molecule has 0 saturated heterocycles. The van der Waals surface area contributed by atoms with Gasteiger partial charge in [0.05, 0.1) is 0 Å². The van der Waals surface area contributed by atoms with Crippen LogP contribution in [0.5, 0.6) is 0 Å². The minimum absolute atomic E-state index is 1.14. The number of fused-ring (bicyclic) bond motifs is 2. The molecule has 0 N–H and O–H groups in total. The molecule has 5 rings (SSSR count). The number of para-hydroxylation sites is 3. The van der Waals surface area contributed by atoms with Crippen LogP contribution in [0.1, 0.15) is 22.8 Å². The standard InChI is InChI=1S/C34H33N3S.C2H4.CH2O/c1-26-20-22-28(3)36(31-16-10-6-11-17-31)33-24-25-34(38-33)37(32-18-12-7-13-19-32)29(4)23-21-27(2)35(26)30-14-8-5-9-15-30;2*1-2/h5-25H,1-4H3;1-2H2;1H2. The van der Waals surface area contributed by atoms with Gasteiger partial charge in [-0.2, -0.15) is 0 Å². The summed E-state index contributed by atoms with van der Waals surface area (Å²) in [6.07, 6.45) is 0. The predicted octanol–water partition coefficient (Wildman–Crippen LogP) is 9.94. The Morgan fingerprint density at radius 1 is 0.405 bits per heavy atom. The third-order valence-corrected chi connectivity index (χ3v) is 7.66. The number of carbonyl (C=O) groups is 1. The van der Waals surface area contributed by atoms with Gasteiger partial charge >= 0.3 is 0 Å². The molecule has 4 nitrogen and oxygen atoms in total. The lowest BCUT2D eigenvalue weighted by atomic mass is 10.2. The second kappa shape index (κ2) is 15.8. The summed E-state index contributed by atoms with van der Waals surface area (Å²) in [6.45, 7) is 16.7. The lowest BCUT2D eigenvalue weighted by Crippen LogP contribution is -2.02. The van der Waals surface area contributed by atoms with Crippen LogP contribution in [-0.2, 0) is 4.79 Å². The van der Waals surface area contributed by atoms with E-state index in [4.69, 9.17) is 4.79 Å². The highest BCUT2D eigenvalue weighted by atomic mass is 32.1. The van der Waals surface area contributed by atoms with E-state index in [1.807, 2.05) is 6.79 Å². The van der Waals surface area contributed by atoms with Crippen LogP contribution in [0.2, 0.25) is 0 Å². The summed E-state index contributed by atoms with van der Waals surface area (Å²) in [5.74, 6) is 0. The molecule has 0 aliphatic heterocycles. The molecule has 0 unspecified atom stereocenters. The smallest absolute Gasteiger partial charge is 0.106 e. The summed E-state index contributed by atoms with van der Waals surface area (Å²) in [6, 6.07) is 45.0. The van der Waals surface area contributed by atoms with E-state index in [0.29, 0.717) is 0 Å². The molecule has 0 saturated carbocycles. The van der Waals surface area contributed by atoms with Gasteiger partial charge in [-0.25, -0.2) is 0 Å². The molecule has 2 aromatic heterocycles. The monoisotopic (exact) mass is 573 g/mol. The Morgan fingerprint density at radius 3 is 0.976 bits per heavy atom. The highest BCUT2D eigenvalue weighted by Gasteiger charge is 2.06. The van der Waals surface area contributed by atoms with Crippen molar-refractivity contribution in [3.05, 3.63) is 163 Å². The SMILES string of the molecule is C=C.C=O.Cc1ccc(C)n(-c2ccccc2)c2ccc(s2)n(-c2ccccc2)c(C)ccc(C)n1-c1ccccc1. The molecule has 0 radical (unpaired) electrons. The zero-order valence-corrected chi connectivity index (χ0v) is 25.7. The van der Waals surface area contributed by atoms with E-state index in [1.54, 1.807) is 11.3 Å². The van der Waals surface area contributed by atoms with Gasteiger partial charge in [0, 0.05) is 39.8 Å². The average Bonchev–Trinajstić information content (AvgIpc) is 3.51. The number of hydrogen-bond donors (Lipinski definition) is 0. The Labute approximate surface area is 253 Å². The molecule has 5 heteroatoms. The first-order chi connectivity index (χ1) is 20.5. The van der Waals surface area contributed by atoms with Crippen LogP contribution in [-0.4, -0.2) is 20.5 Å². The molecule has 5 aromatic rings. The van der Waals surface area contributed by atoms with E-state index in [1.165, 1.54) is 9.66 Å². The third-order valence-electron chi connectivity index (χ3n) is 6.60. The molecule has 0 amide bonds. The van der Waals surface area contributed by atoms with Crippen molar-refractivity contribution in [2.45, 2.75) is 27.7 Å². The maximum atomic E-state index is 8.00. The lowest BCUT2D eigenvalue weighted by molar-refractivity contribution is -0.0980. The lowest BCUT2D eigenvalue weighted by Gasteiger charge is -2.14. The topological polar surface area (TPSA) is 31.9 Å². The first kappa shape index (κ1) is 31.7. The van der Waals surface area contributed by atoms with Crippen LogP contribution in [0.15, 0.2) is 141 Å². The number of benzene rings is 3. The molecule has 0 aliphatic rings. The van der Waals surface area contributed by atoms with Gasteiger partial charge < -0.3 is 18.5 Å². The summed E-state index contributed by atoms with van der Waals surface area (Å²) in [5, 5.41) is 0. The second-order valence-corrected chi connectivity index (χ2v) is 10.4. The molecular formula is C37H39N3OS. The van der Waals surface area contributed by atoms with Crippen molar-refractivity contribution < 1.29 is 4.79 Å². The Hall–Kier alpha value is -4.87. The molecule has 0 fully saturated rings. The van der Waals surface area contributed by atoms with Crippen molar-refractivity contribution in [3.63, 3.8) is 0 Å². The fourth-order valence-electron chi connectivity index (χ4n) is 4.76. The largest absolute Gasteiger partial charge is 0.319 e. The summed E-state index contributed by atoms with van der Waals surface area (Å²) in [7, 11) is 0. The number of hydrogen-bond acceptors (Lipinski definition) is 2. The van der Waals surface area contributed by atoms with Gasteiger partial charge in [0.15, 0.2) is 0 Å². The molecule has 3 aromatic carbocycles. The normalized spacial score (nSPS) is 9.81. The predicted molar refractivity (Wildman–Crippen MR) is 181 cm³/mol. The van der Waals surface area contributed by atoms with Gasteiger partial charge in [-0.05, 0) is 100 Å². The highest BCUT2D eigenvalue weighted by molar-refractivity contribution is 7.22. The summed E-state index contributed by atoms with van der Waals surface area (Å²) in [5.41, 5.74) is 8.01. The zero-order chi connectivity index (χ0) is 30.5. The van der Waals surface area contributed by atoms with Crippen molar-refractivity contribution >= 4 is 27.8 Å². The van der Waals surface area contributed by atoms with Crippen LogP contribution in [0.4, 0.5) is 0 Å². The van der Waals surface area contributed by atoms with E-state index < -0.39 is 0 Å². The average molecular weight is 574 g/mol. The van der Waals surface area contributed by atoms with Gasteiger partial charge in [-0.1, -0.05) is 65.9 Å². The minimum atomic E-state index is 1.14. The van der Waals surface area contributed by atoms with Crippen molar-refractivity contribution in [1.82, 2.24) is 13.7 Å². The van der Waals surface area contributed by atoms with E-state index in [9.17, 15) is 0 Å². The Bertz CT molecular complexity index is 1620. The minimum Gasteiger partial charge on any atom is -0.319 e. The zero-order valence-electron chi connectivity index (χ0n) is 24.9. The third kappa shape index (κ3) is 7.45. The summed E-state index contributed by atoms with van der Waals surface area (Å²) < 4.78 is 6.98. The number of thiophene rings is 1. The number of carbonyl (C=O) groups excluding carboxylic acids is 1. The van der Waals surface area contributed by atoms with Crippen LogP contribution < -0.4 is 0 Å². The van der Waals surface area contributed by atoms with Gasteiger partial charge in [-0.15, -0.1) is 13.2 Å². The first-order valence-electron chi connectivity index (χ1n) is 13.7. The van der Waals surface area contributed by atoms with Crippen LogP contribution in [0, 0.1) is 27.7 Å². The Balaban J connectivity index is 0.00000116. The van der Waals surface area contributed by atoms with Crippen molar-refractivity contribution in [1.29, 1.82) is 0 Å². The van der Waals surface area contributed by atoms with Crippen LogP contribution in [0.3, 0.4) is 0 Å². The van der Waals surface area contributed by atoms with Crippen molar-refractivity contribution in [3.8, 4) is 17.1 Å². The molecule has 214 valence electrons. The molecule has 2 heterocycles. The molecular weight excluding hydrogens is 534 g/mol. The fraction of sp³-hybridized carbons (Fsp3) is 0.108. The van der Waals surface area contributed by atoms with Gasteiger partial charge in [0.2, 0.25) is 0 Å². The number of aryl methyl sites for hydroxylation is 4. The van der Waals surface area contributed by atoms with Crippen LogP contribution in [0.25, 0.3) is 26.7 Å². The van der Waals surface area contributed by atoms with Crippen molar-refractivity contribution in [2.24, 2.45) is 0 Å². The Morgan fingerprint density at radius 2 is 0.667 bits per heavy atom. The molecule has 0 atom stereocenters. The van der Waals surface area contributed by atoms with Gasteiger partial charge in [0.1, 0.15) is 16.4 Å². The van der Waals surface area contributed by atoms with E-state index in [0.717, 1.165) is 39.8 Å². The summed E-state index contributed by atoms with van der Waals surface area (Å²) in [4.78, 5) is 10.3. The van der Waals surface area contributed by atoms with Gasteiger partial charge in [0.25, 0.3) is 0 Å². The second-order valence-electron chi connectivity index (χ2n) is 9.36. The van der Waals surface area contributed by atoms with Crippen molar-refractivity contribution in [2.75, 3.05) is 0 Å². The summed E-state index contributed by atoms with van der Waals surface area (Å²) >= 11 is 1.79. The van der Waals surface area contributed by atoms with Crippen LogP contribution >= 0.6 is 11.3 Å². The Kier molecular flexibility index (Phi) is 11.9. The first-order valence-corrected chi connectivity index (χ1v) is 14.5. The molecule has 0 aliphatic carbocycles. The molecule has 2 bridgehead atoms. The molecule has 0 spiro atoms. The quantitative estimate of drug-likeness (QED) is 0.198. The van der Waals surface area contributed by atoms with E-state index in [-0.39, 0.29) is 0 Å². The maximum absolute atomic E-state index is 8.00. The van der Waals surface area contributed by atoms with Gasteiger partial charge in [-0.3, -0.25) is 0 Å².